The minimum atomic E-state index is -3.69. The van der Waals surface area contributed by atoms with Gasteiger partial charge in [0.05, 0.1) is 6.10 Å². The monoisotopic (exact) mass is 392 g/mol. The predicted molar refractivity (Wildman–Crippen MR) is 99.8 cm³/mol. The summed E-state index contributed by atoms with van der Waals surface area (Å²) < 4.78 is 37.4. The van der Waals surface area contributed by atoms with Crippen LogP contribution in [0.1, 0.15) is 41.5 Å². The minimum Gasteiger partial charge on any atom is -0.438 e. The van der Waals surface area contributed by atoms with E-state index in [4.69, 9.17) is 9.15 Å². The zero-order chi connectivity index (χ0) is 19.3. The maximum Gasteiger partial charge on any atom is 0.287 e. The number of carbonyl (C=O) groups excluding carboxylic acids is 1. The number of nitrogens with zero attached hydrogens (tertiary/aromatic N) is 1. The lowest BCUT2D eigenvalue weighted by Crippen LogP contribution is -2.35. The van der Waals surface area contributed by atoms with E-state index in [1.807, 2.05) is 30.3 Å². The highest BCUT2D eigenvalue weighted by molar-refractivity contribution is 7.89. The molecule has 1 aliphatic rings. The average Bonchev–Trinajstić information content (AvgIpc) is 3.21. The highest BCUT2D eigenvalue weighted by Crippen LogP contribution is 2.22. The molecule has 2 heterocycles. The molecular weight excluding hydrogens is 368 g/mol. The lowest BCUT2D eigenvalue weighted by molar-refractivity contribution is 0.0803. The van der Waals surface area contributed by atoms with Crippen molar-refractivity contribution >= 4 is 15.9 Å². The number of amides is 1. The molecular formula is C19H24N2O5S. The number of methoxy groups -OCH3 is 1. The van der Waals surface area contributed by atoms with Gasteiger partial charge in [-0.15, -0.1) is 0 Å². The molecule has 0 spiro atoms. The number of benzene rings is 1. The Balaban J connectivity index is 1.64. The Hall–Kier alpha value is -2.16. The molecule has 1 aliphatic heterocycles. The Morgan fingerprint density at radius 1 is 1.15 bits per heavy atom. The van der Waals surface area contributed by atoms with Gasteiger partial charge in [-0.25, -0.2) is 8.42 Å². The predicted octanol–water partition coefficient (Wildman–Crippen LogP) is 2.57. The fourth-order valence-corrected chi connectivity index (χ4v) is 4.52. The van der Waals surface area contributed by atoms with Gasteiger partial charge in [0.25, 0.3) is 15.9 Å². The zero-order valence-electron chi connectivity index (χ0n) is 15.3. The molecule has 1 N–H and O–H groups in total. The number of ether oxygens (including phenoxy) is 1. The van der Waals surface area contributed by atoms with Crippen LogP contribution in [0, 0.1) is 0 Å². The van der Waals surface area contributed by atoms with Crippen LogP contribution in [0.4, 0.5) is 0 Å². The molecule has 2 aromatic rings. The van der Waals surface area contributed by atoms with Gasteiger partial charge in [0, 0.05) is 26.7 Å². The molecule has 1 atom stereocenters. The second-order valence-electron chi connectivity index (χ2n) is 6.43. The van der Waals surface area contributed by atoms with Gasteiger partial charge in [0.2, 0.25) is 5.09 Å². The van der Waals surface area contributed by atoms with Gasteiger partial charge in [0.1, 0.15) is 0 Å². The normalized spacial score (nSPS) is 16.8. The summed E-state index contributed by atoms with van der Waals surface area (Å²) in [5.74, 6) is -0.512. The third-order valence-electron chi connectivity index (χ3n) is 4.62. The highest BCUT2D eigenvalue weighted by Gasteiger charge is 2.29. The fourth-order valence-electron chi connectivity index (χ4n) is 3.09. The summed E-state index contributed by atoms with van der Waals surface area (Å²) in [5.41, 5.74) is 0.938. The summed E-state index contributed by atoms with van der Waals surface area (Å²) in [7, 11) is -2.12. The molecule has 1 amide bonds. The maximum absolute atomic E-state index is 12.6. The first-order valence-electron chi connectivity index (χ1n) is 8.98. The van der Waals surface area contributed by atoms with Gasteiger partial charge in [-0.2, -0.15) is 4.31 Å². The molecule has 0 aliphatic carbocycles. The topological polar surface area (TPSA) is 88.8 Å². The number of furan rings is 1. The summed E-state index contributed by atoms with van der Waals surface area (Å²) >= 11 is 0. The molecule has 1 saturated heterocycles. The van der Waals surface area contributed by atoms with Crippen LogP contribution in [0.25, 0.3) is 0 Å². The van der Waals surface area contributed by atoms with Crippen molar-refractivity contribution in [2.75, 3.05) is 26.7 Å². The van der Waals surface area contributed by atoms with E-state index in [0.717, 1.165) is 24.8 Å². The number of sulfonamides is 1. The van der Waals surface area contributed by atoms with Crippen LogP contribution >= 0.6 is 0 Å². The fraction of sp³-hybridized carbons (Fsp3) is 0.421. The first kappa shape index (κ1) is 19.6. The summed E-state index contributed by atoms with van der Waals surface area (Å²) in [6, 6.07) is 12.2. The van der Waals surface area contributed by atoms with E-state index >= 15 is 0 Å². The van der Waals surface area contributed by atoms with Crippen molar-refractivity contribution in [2.45, 2.75) is 30.5 Å². The van der Waals surface area contributed by atoms with Crippen molar-refractivity contribution in [1.29, 1.82) is 0 Å². The van der Waals surface area contributed by atoms with Crippen LogP contribution in [0.5, 0.6) is 0 Å². The number of carbonyl (C=O) groups is 1. The van der Waals surface area contributed by atoms with Crippen LogP contribution in [0.3, 0.4) is 0 Å². The van der Waals surface area contributed by atoms with Crippen LogP contribution in [-0.4, -0.2) is 45.4 Å². The number of nitrogens with one attached hydrogen (secondary N) is 1. The molecule has 0 radical (unpaired) electrons. The molecule has 8 heteroatoms. The van der Waals surface area contributed by atoms with Crippen LogP contribution in [0.15, 0.2) is 52.0 Å². The number of hydrogen-bond donors (Lipinski definition) is 1. The SMILES string of the molecule is COC(CNC(=O)c1ccc(S(=O)(=O)N2CCCCC2)o1)c1ccccc1. The molecule has 3 rings (SSSR count). The smallest absolute Gasteiger partial charge is 0.287 e. The summed E-state index contributed by atoms with van der Waals surface area (Å²) in [6.07, 6.45) is 2.40. The molecule has 1 aromatic heterocycles. The van der Waals surface area contributed by atoms with E-state index < -0.39 is 15.9 Å². The van der Waals surface area contributed by atoms with Crippen molar-refractivity contribution in [3.05, 3.63) is 53.8 Å². The first-order valence-corrected chi connectivity index (χ1v) is 10.4. The van der Waals surface area contributed by atoms with E-state index in [1.165, 1.54) is 16.4 Å². The van der Waals surface area contributed by atoms with E-state index in [0.29, 0.717) is 13.1 Å². The lowest BCUT2D eigenvalue weighted by atomic mass is 10.1. The number of hydrogen-bond acceptors (Lipinski definition) is 5. The third-order valence-corrected chi connectivity index (χ3v) is 6.39. The Morgan fingerprint density at radius 3 is 2.52 bits per heavy atom. The molecule has 27 heavy (non-hydrogen) atoms. The van der Waals surface area contributed by atoms with Gasteiger partial charge in [0.15, 0.2) is 5.76 Å². The molecule has 1 fully saturated rings. The Bertz CT molecular complexity index is 857. The van der Waals surface area contributed by atoms with Crippen molar-refractivity contribution in [1.82, 2.24) is 9.62 Å². The van der Waals surface area contributed by atoms with Crippen molar-refractivity contribution in [2.24, 2.45) is 0 Å². The van der Waals surface area contributed by atoms with E-state index in [9.17, 15) is 13.2 Å². The Morgan fingerprint density at radius 2 is 1.85 bits per heavy atom. The minimum absolute atomic E-state index is 0.0338. The second kappa shape index (κ2) is 8.69. The molecule has 7 nitrogen and oxygen atoms in total. The van der Waals surface area contributed by atoms with Crippen molar-refractivity contribution in [3.8, 4) is 0 Å². The Labute approximate surface area is 159 Å². The van der Waals surface area contributed by atoms with Gasteiger partial charge in [-0.1, -0.05) is 36.8 Å². The molecule has 146 valence electrons. The van der Waals surface area contributed by atoms with Gasteiger partial charge in [-0.3, -0.25) is 4.79 Å². The van der Waals surface area contributed by atoms with E-state index in [-0.39, 0.29) is 23.5 Å². The summed E-state index contributed by atoms with van der Waals surface area (Å²) in [6.45, 7) is 1.21. The van der Waals surface area contributed by atoms with Gasteiger partial charge < -0.3 is 14.5 Å². The number of rotatable bonds is 7. The van der Waals surface area contributed by atoms with Crippen molar-refractivity contribution < 1.29 is 22.4 Å². The largest absolute Gasteiger partial charge is 0.438 e. The van der Waals surface area contributed by atoms with Gasteiger partial charge >= 0.3 is 0 Å². The molecule has 0 bridgehead atoms. The van der Waals surface area contributed by atoms with Crippen molar-refractivity contribution in [3.63, 3.8) is 0 Å². The summed E-state index contributed by atoms with van der Waals surface area (Å²) in [4.78, 5) is 12.3. The number of piperidine rings is 1. The van der Waals surface area contributed by atoms with Crippen LogP contribution in [0.2, 0.25) is 0 Å². The Kier molecular flexibility index (Phi) is 6.30. The first-order chi connectivity index (χ1) is 13.0. The van der Waals surface area contributed by atoms with Gasteiger partial charge in [-0.05, 0) is 30.5 Å². The maximum atomic E-state index is 12.6. The van der Waals surface area contributed by atoms with Crippen LogP contribution in [-0.2, 0) is 14.8 Å². The quantitative estimate of drug-likeness (QED) is 0.782. The van der Waals surface area contributed by atoms with E-state index in [2.05, 4.69) is 5.32 Å². The zero-order valence-corrected chi connectivity index (χ0v) is 16.1. The average molecular weight is 392 g/mol. The molecule has 1 unspecified atom stereocenters. The molecule has 1 aromatic carbocycles. The second-order valence-corrected chi connectivity index (χ2v) is 8.30. The summed E-state index contributed by atoms with van der Waals surface area (Å²) in [5, 5.41) is 2.53. The molecule has 0 saturated carbocycles. The third kappa shape index (κ3) is 4.58. The lowest BCUT2D eigenvalue weighted by Gasteiger charge is -2.24. The van der Waals surface area contributed by atoms with Crippen LogP contribution < -0.4 is 5.32 Å². The highest BCUT2D eigenvalue weighted by atomic mass is 32.2. The van der Waals surface area contributed by atoms with E-state index in [1.54, 1.807) is 7.11 Å². The standard InChI is InChI=1S/C19H24N2O5S/c1-25-17(15-8-4-2-5-9-15)14-20-19(22)16-10-11-18(26-16)27(23,24)21-12-6-3-7-13-21/h2,4-5,8-11,17H,3,6-7,12-14H2,1H3,(H,20,22).